The molecule has 107 heavy (non-hydrogen) atoms. The van der Waals surface area contributed by atoms with Crippen LogP contribution in [0.1, 0.15) is 187 Å². The number of carbonyl (C=O) groups excluding carboxylic acids is 2. The van der Waals surface area contributed by atoms with Crippen molar-refractivity contribution in [1.29, 1.82) is 0 Å². The first-order chi connectivity index (χ1) is 52.7. The molecule has 0 saturated carbocycles. The van der Waals surface area contributed by atoms with E-state index < -0.39 is 11.2 Å². The van der Waals surface area contributed by atoms with Gasteiger partial charge in [-0.1, -0.05) is 271 Å². The number of aliphatic hydroxyl groups is 2. The van der Waals surface area contributed by atoms with E-state index in [0.29, 0.717) is 11.1 Å². The van der Waals surface area contributed by atoms with Crippen LogP contribution in [0.25, 0.3) is 43.8 Å². The van der Waals surface area contributed by atoms with Gasteiger partial charge in [0.05, 0.1) is 11.8 Å². The van der Waals surface area contributed by atoms with Gasteiger partial charge in [-0.05, 0) is 293 Å². The van der Waals surface area contributed by atoms with Crippen LogP contribution in [0.2, 0.25) is 0 Å². The van der Waals surface area contributed by atoms with Gasteiger partial charge in [0.15, 0.2) is 11.6 Å². The molecule has 11 aromatic carbocycles. The van der Waals surface area contributed by atoms with Gasteiger partial charge >= 0.3 is 0 Å². The molecule has 536 valence electrons. The molecule has 4 nitrogen and oxygen atoms in total. The van der Waals surface area contributed by atoms with E-state index in [9.17, 15) is 19.8 Å². The lowest BCUT2D eigenvalue weighted by atomic mass is 9.54. The van der Waals surface area contributed by atoms with Crippen molar-refractivity contribution < 1.29 is 19.8 Å². The van der Waals surface area contributed by atoms with Crippen molar-refractivity contribution in [3.8, 4) is 22.3 Å². The number of Topliss-reactive ketones (excluding diaryl/α,β-unsaturated/α-hetero) is 2. The molecule has 0 fully saturated rings. The molecule has 6 atom stereocenters. The Morgan fingerprint density at radius 1 is 0.262 bits per heavy atom. The lowest BCUT2D eigenvalue weighted by molar-refractivity contribution is -0.0724. The summed E-state index contributed by atoms with van der Waals surface area (Å²) in [5.41, 5.74) is 26.1. The topological polar surface area (TPSA) is 74.6 Å². The van der Waals surface area contributed by atoms with Crippen LogP contribution < -0.4 is 0 Å². The summed E-state index contributed by atoms with van der Waals surface area (Å²) >= 11 is 3.58. The number of aryl methyl sites for hydroxylation is 7. The van der Waals surface area contributed by atoms with Crippen LogP contribution in [0.15, 0.2) is 265 Å². The number of hydrogen-bond donors (Lipinski definition) is 2. The van der Waals surface area contributed by atoms with Crippen LogP contribution in [0.4, 0.5) is 0 Å². The van der Waals surface area contributed by atoms with E-state index in [0.717, 1.165) is 60.8 Å². The number of fused-ring (bicyclic) bond motifs is 12. The minimum absolute atomic E-state index is 0.0563. The van der Waals surface area contributed by atoms with Crippen molar-refractivity contribution in [2.45, 2.75) is 165 Å². The fraction of sp³-hybridized carbons (Fsp3) is 0.294. The molecule has 0 heterocycles. The average molecular weight is 1470 g/mol. The molecule has 0 amide bonds. The van der Waals surface area contributed by atoms with Crippen LogP contribution in [-0.4, -0.2) is 21.8 Å². The summed E-state index contributed by atoms with van der Waals surface area (Å²) in [6.45, 7) is 0. The number of allylic oxidation sites excluding steroid dienone is 6. The lowest BCUT2D eigenvalue weighted by Gasteiger charge is -2.54. The van der Waals surface area contributed by atoms with Gasteiger partial charge in [0.25, 0.3) is 0 Å². The lowest BCUT2D eigenvalue weighted by Crippen LogP contribution is -2.55. The van der Waals surface area contributed by atoms with Crippen LogP contribution >= 0.6 is 15.9 Å². The average Bonchev–Trinajstić information content (AvgIpc) is 0.686. The summed E-state index contributed by atoms with van der Waals surface area (Å²) in [7, 11) is 0. The Hall–Kier alpha value is -9.36. The molecular formula is C102H97BrO4. The molecule has 5 heteroatoms. The molecule has 0 bridgehead atoms. The molecule has 0 aromatic heterocycles. The van der Waals surface area contributed by atoms with E-state index in [1.165, 1.54) is 186 Å². The van der Waals surface area contributed by atoms with Crippen molar-refractivity contribution in [2.75, 3.05) is 0 Å². The number of ketones is 2. The zero-order valence-corrected chi connectivity index (χ0v) is 63.3. The van der Waals surface area contributed by atoms with Crippen LogP contribution in [0, 0.1) is 23.7 Å². The highest BCUT2D eigenvalue weighted by atomic mass is 79.9. The third-order valence-corrected chi connectivity index (χ3v) is 26.3. The molecule has 0 aliphatic heterocycles. The summed E-state index contributed by atoms with van der Waals surface area (Å²) in [5, 5.41) is 31.5. The predicted octanol–water partition coefficient (Wildman–Crippen LogP) is 23.7. The number of rotatable bonds is 4. The number of carbonyl (C=O) groups is 2. The largest absolute Gasteiger partial charge is 0.380 e. The summed E-state index contributed by atoms with van der Waals surface area (Å²) in [5.74, 6) is -1.02. The van der Waals surface area contributed by atoms with Gasteiger partial charge in [-0.2, -0.15) is 0 Å². The van der Waals surface area contributed by atoms with Gasteiger partial charge < -0.3 is 10.2 Å². The Kier molecular flexibility index (Phi) is 20.5. The highest BCUT2D eigenvalue weighted by Crippen LogP contribution is 2.59. The van der Waals surface area contributed by atoms with Crippen LogP contribution in [0.5, 0.6) is 0 Å². The monoisotopic (exact) mass is 1460 g/mol. The van der Waals surface area contributed by atoms with Crippen molar-refractivity contribution >= 4 is 49.0 Å². The highest BCUT2D eigenvalue weighted by molar-refractivity contribution is 9.10. The molecule has 11 aromatic rings. The van der Waals surface area contributed by atoms with Gasteiger partial charge in [0.1, 0.15) is 11.2 Å². The number of halogens is 1. The second-order valence-corrected chi connectivity index (χ2v) is 32.4. The Morgan fingerprint density at radius 3 is 0.935 bits per heavy atom. The Balaban J connectivity index is 0.000000108. The third-order valence-electron chi connectivity index (χ3n) is 25.5. The zero-order chi connectivity index (χ0) is 72.4. The van der Waals surface area contributed by atoms with Crippen molar-refractivity contribution in [3.05, 3.63) is 366 Å². The molecule has 10 aliphatic rings. The minimum atomic E-state index is -1.20. The smallest absolute Gasteiger partial charge is 0.171 e. The molecule has 0 radical (unpaired) electrons. The fourth-order valence-electron chi connectivity index (χ4n) is 20.4. The molecule has 2 N–H and O–H groups in total. The van der Waals surface area contributed by atoms with Gasteiger partial charge in [-0.3, -0.25) is 9.59 Å². The Bertz CT molecular complexity index is 4990. The normalized spacial score (nSPS) is 22.2. The van der Waals surface area contributed by atoms with E-state index >= 15 is 0 Å². The summed E-state index contributed by atoms with van der Waals surface area (Å²) in [4.78, 5) is 24.3. The SMILES string of the molecule is Brc1cccc2c1CCCC2.O=C1c2ccccc2C(=O)C2C=CC=CC12.OC1(c2cccc3c2CCCC3)c2ccccc2C(O)(c2cccc3c2CCCC3)C2C=CC=CC21.c1cc2c(c(-c3c4ccccc4c(-c4cccc5c4CCCC5)c4ccccc34)c1)CCCC2.c1ccc2c(c1)CCCC2. The first-order valence-corrected chi connectivity index (χ1v) is 41.1. The molecule has 0 saturated heterocycles. The Morgan fingerprint density at radius 2 is 0.533 bits per heavy atom. The van der Waals surface area contributed by atoms with Crippen molar-refractivity contribution in [1.82, 2.24) is 0 Å². The van der Waals surface area contributed by atoms with E-state index in [4.69, 9.17) is 0 Å². The first kappa shape index (κ1) is 70.6. The molecule has 10 aliphatic carbocycles. The maximum Gasteiger partial charge on any atom is 0.171 e. The summed E-state index contributed by atoms with van der Waals surface area (Å²) in [6.07, 6.45) is 45.3. The fourth-order valence-corrected chi connectivity index (χ4v) is 21.0. The van der Waals surface area contributed by atoms with Crippen LogP contribution in [0.3, 0.4) is 0 Å². The second-order valence-electron chi connectivity index (χ2n) is 31.5. The van der Waals surface area contributed by atoms with Gasteiger partial charge in [-0.15, -0.1) is 0 Å². The maximum absolute atomic E-state index is 13.0. The Labute approximate surface area is 641 Å². The quantitative estimate of drug-likeness (QED) is 0.172. The molecular weight excluding hydrogens is 1370 g/mol. The first-order valence-electron chi connectivity index (χ1n) is 40.3. The number of benzene rings is 11. The van der Waals surface area contributed by atoms with E-state index in [-0.39, 0.29) is 35.2 Å². The molecule has 6 unspecified atom stereocenters. The van der Waals surface area contributed by atoms with Gasteiger partial charge in [-0.25, -0.2) is 0 Å². The molecule has 21 rings (SSSR count). The van der Waals surface area contributed by atoms with Gasteiger partial charge in [0, 0.05) is 27.4 Å². The van der Waals surface area contributed by atoms with Gasteiger partial charge in [0.2, 0.25) is 0 Å². The van der Waals surface area contributed by atoms with E-state index in [2.05, 4.69) is 216 Å². The maximum atomic E-state index is 13.0. The second kappa shape index (κ2) is 31.1. The van der Waals surface area contributed by atoms with Crippen LogP contribution in [-0.2, 0) is 88.3 Å². The molecule has 0 spiro atoms. The zero-order valence-electron chi connectivity index (χ0n) is 61.7. The van der Waals surface area contributed by atoms with Crippen molar-refractivity contribution in [2.24, 2.45) is 23.7 Å². The van der Waals surface area contributed by atoms with E-state index in [1.807, 2.05) is 36.4 Å². The van der Waals surface area contributed by atoms with Crippen molar-refractivity contribution in [3.63, 3.8) is 0 Å². The summed E-state index contributed by atoms with van der Waals surface area (Å²) in [6, 6.07) is 75.9. The van der Waals surface area contributed by atoms with E-state index in [1.54, 1.807) is 68.8 Å². The minimum Gasteiger partial charge on any atom is -0.380 e. The number of hydrogen-bond acceptors (Lipinski definition) is 4. The standard InChI is InChI=1S/C34H34O2.C34H30.C14H10O2.C10H11Br.C10H12/c35-33(27-21-9-13-23-11-1-3-15-25(23)27)29-17-5-7-19-31(29)34(36,32-20-8-6-18-30(32)33)28-22-10-14-24-12-2-4-16-26(24)28;1-3-15-25-23(11-1)13-9-21-27(25)33-29-17-5-7-19-31(29)34(32-20-8-6-18-30(32)33)28-22-10-14-24-12-2-4-16-26(24)28;15-13-9-5-1-2-6-10(9)14(16)12-8-4-3-7-11(12)13;11-10-7-3-5-8-4-1-2-6-9(8)10;1-2-6-10-8-4-3-7-9(10)5-1/h5-10,13-14,17-22,29,31,35-36H,1-4,11-12,15-16H2;5-10,13-14,17-22H,1-4,11-12,15-16H2;1-10H;3,5,7H,1-2,4,6H2;1-2,5-6H,3-4,7-8H2. The third kappa shape index (κ3) is 13.2. The predicted molar refractivity (Wildman–Crippen MR) is 444 cm³/mol. The summed E-state index contributed by atoms with van der Waals surface area (Å²) < 4.78 is 1.30. The highest BCUT2D eigenvalue weighted by Gasteiger charge is 2.59.